The van der Waals surface area contributed by atoms with Crippen LogP contribution >= 0.6 is 0 Å². The van der Waals surface area contributed by atoms with Crippen molar-refractivity contribution in [2.45, 2.75) is 38.8 Å². The van der Waals surface area contributed by atoms with E-state index in [1.165, 1.54) is 0 Å². The number of halogens is 3. The third kappa shape index (κ3) is 3.01. The van der Waals surface area contributed by atoms with Gasteiger partial charge in [-0.2, -0.15) is 18.2 Å². The Morgan fingerprint density at radius 3 is 2.50 bits per heavy atom. The average molecular weight is 208 g/mol. The van der Waals surface area contributed by atoms with Crippen LogP contribution in [-0.4, -0.2) is 10.1 Å². The molecule has 0 saturated heterocycles. The smallest absolute Gasteiger partial charge is 0.329 e. The molecule has 0 aromatic carbocycles. The molecule has 1 aromatic heterocycles. The Hall–Kier alpha value is -1.07. The molecule has 0 aliphatic carbocycles. The van der Waals surface area contributed by atoms with Crippen LogP contribution in [0, 0.1) is 0 Å². The van der Waals surface area contributed by atoms with Crippen molar-refractivity contribution in [3.63, 3.8) is 0 Å². The molecule has 0 bridgehead atoms. The average Bonchev–Trinajstić information content (AvgIpc) is 2.52. The molecule has 0 aliphatic heterocycles. The summed E-state index contributed by atoms with van der Waals surface area (Å²) in [5.41, 5.74) is 0. The monoisotopic (exact) mass is 208 g/mol. The highest BCUT2D eigenvalue weighted by molar-refractivity contribution is 4.89. The molecule has 0 amide bonds. The lowest BCUT2D eigenvalue weighted by Gasteiger charge is -1.96. The van der Waals surface area contributed by atoms with Crippen LogP contribution in [0.1, 0.15) is 37.9 Å². The molecule has 0 radical (unpaired) electrons. The van der Waals surface area contributed by atoms with Crippen molar-refractivity contribution in [2.75, 3.05) is 0 Å². The SMILES string of the molecule is CCCCCc1noc(C(F)(F)F)n1. The number of aryl methyl sites for hydroxylation is 1. The first-order chi connectivity index (χ1) is 6.54. The largest absolute Gasteiger partial charge is 0.471 e. The van der Waals surface area contributed by atoms with Crippen LogP contribution in [0.2, 0.25) is 0 Å². The predicted molar refractivity (Wildman–Crippen MR) is 42.5 cm³/mol. The number of alkyl halides is 3. The second kappa shape index (κ2) is 4.43. The first-order valence-electron chi connectivity index (χ1n) is 4.44. The molecule has 3 nitrogen and oxygen atoms in total. The van der Waals surface area contributed by atoms with Gasteiger partial charge in [-0.05, 0) is 6.42 Å². The minimum Gasteiger partial charge on any atom is -0.329 e. The summed E-state index contributed by atoms with van der Waals surface area (Å²) in [6, 6.07) is 0. The van der Waals surface area contributed by atoms with Gasteiger partial charge in [-0.15, -0.1) is 0 Å². The van der Waals surface area contributed by atoms with Crippen LogP contribution in [0.15, 0.2) is 4.52 Å². The number of hydrogen-bond acceptors (Lipinski definition) is 3. The van der Waals surface area contributed by atoms with E-state index in [1.807, 2.05) is 6.92 Å². The minimum absolute atomic E-state index is 0.130. The maximum Gasteiger partial charge on any atom is 0.471 e. The first kappa shape index (κ1) is 11.0. The highest BCUT2D eigenvalue weighted by Gasteiger charge is 2.38. The van der Waals surface area contributed by atoms with E-state index in [9.17, 15) is 13.2 Å². The van der Waals surface area contributed by atoms with Gasteiger partial charge in [-0.25, -0.2) is 0 Å². The molecule has 6 heteroatoms. The van der Waals surface area contributed by atoms with E-state index in [2.05, 4.69) is 14.7 Å². The summed E-state index contributed by atoms with van der Waals surface area (Å²) in [4.78, 5) is 3.25. The third-order valence-corrected chi connectivity index (χ3v) is 1.71. The highest BCUT2D eigenvalue weighted by Crippen LogP contribution is 2.27. The standard InChI is InChI=1S/C8H11F3N2O/c1-2-3-4-5-6-12-7(14-13-6)8(9,10)11/h2-5H2,1H3. The normalized spacial score (nSPS) is 12.0. The molecule has 0 fully saturated rings. The van der Waals surface area contributed by atoms with E-state index < -0.39 is 12.1 Å². The summed E-state index contributed by atoms with van der Waals surface area (Å²) >= 11 is 0. The fourth-order valence-electron chi connectivity index (χ4n) is 1.00. The molecule has 14 heavy (non-hydrogen) atoms. The van der Waals surface area contributed by atoms with Gasteiger partial charge in [-0.1, -0.05) is 24.9 Å². The molecule has 0 N–H and O–H groups in total. The molecule has 1 rings (SSSR count). The molecule has 0 atom stereocenters. The molecule has 1 heterocycles. The van der Waals surface area contributed by atoms with E-state index in [-0.39, 0.29) is 5.82 Å². The Labute approximate surface area is 79.3 Å². The predicted octanol–water partition coefficient (Wildman–Crippen LogP) is 2.82. The van der Waals surface area contributed by atoms with E-state index in [0.717, 1.165) is 19.3 Å². The van der Waals surface area contributed by atoms with Crippen LogP contribution in [0.25, 0.3) is 0 Å². The zero-order chi connectivity index (χ0) is 10.6. The molecular weight excluding hydrogens is 197 g/mol. The van der Waals surface area contributed by atoms with Gasteiger partial charge in [-0.3, -0.25) is 0 Å². The highest BCUT2D eigenvalue weighted by atomic mass is 19.4. The quantitative estimate of drug-likeness (QED) is 0.714. The summed E-state index contributed by atoms with van der Waals surface area (Å²) < 4.78 is 40.1. The first-order valence-corrected chi connectivity index (χ1v) is 4.44. The van der Waals surface area contributed by atoms with Crippen molar-refractivity contribution in [2.24, 2.45) is 0 Å². The maximum absolute atomic E-state index is 12.0. The zero-order valence-corrected chi connectivity index (χ0v) is 7.76. The fourth-order valence-corrected chi connectivity index (χ4v) is 1.00. The lowest BCUT2D eigenvalue weighted by molar-refractivity contribution is -0.159. The zero-order valence-electron chi connectivity index (χ0n) is 7.76. The number of nitrogens with zero attached hydrogens (tertiary/aromatic N) is 2. The van der Waals surface area contributed by atoms with E-state index in [0.29, 0.717) is 6.42 Å². The van der Waals surface area contributed by atoms with Crippen molar-refractivity contribution >= 4 is 0 Å². The van der Waals surface area contributed by atoms with Crippen LogP contribution in [0.4, 0.5) is 13.2 Å². The number of hydrogen-bond donors (Lipinski definition) is 0. The summed E-state index contributed by atoms with van der Waals surface area (Å²) in [7, 11) is 0. The Bertz CT molecular complexity index is 282. The summed E-state index contributed by atoms with van der Waals surface area (Å²) in [5.74, 6) is -1.13. The molecule has 1 aromatic rings. The van der Waals surface area contributed by atoms with Crippen molar-refractivity contribution < 1.29 is 17.7 Å². The molecule has 0 aliphatic rings. The third-order valence-electron chi connectivity index (χ3n) is 1.71. The van der Waals surface area contributed by atoms with Crippen molar-refractivity contribution in [1.82, 2.24) is 10.1 Å². The van der Waals surface area contributed by atoms with Gasteiger partial charge < -0.3 is 4.52 Å². The number of aromatic nitrogens is 2. The Morgan fingerprint density at radius 2 is 2.00 bits per heavy atom. The Morgan fingerprint density at radius 1 is 1.29 bits per heavy atom. The second-order valence-electron chi connectivity index (χ2n) is 2.97. The molecular formula is C8H11F3N2O. The van der Waals surface area contributed by atoms with Crippen LogP contribution in [-0.2, 0) is 12.6 Å². The van der Waals surface area contributed by atoms with Crippen LogP contribution < -0.4 is 0 Å². The second-order valence-corrected chi connectivity index (χ2v) is 2.97. The minimum atomic E-state index is -4.53. The fraction of sp³-hybridized carbons (Fsp3) is 0.750. The van der Waals surface area contributed by atoms with Gasteiger partial charge in [0.2, 0.25) is 0 Å². The number of rotatable bonds is 4. The summed E-state index contributed by atoms with van der Waals surface area (Å²) in [6.07, 6.45) is -1.35. The molecule has 80 valence electrons. The van der Waals surface area contributed by atoms with E-state index >= 15 is 0 Å². The van der Waals surface area contributed by atoms with Crippen molar-refractivity contribution in [1.29, 1.82) is 0 Å². The van der Waals surface area contributed by atoms with Gasteiger partial charge in [0.05, 0.1) is 0 Å². The van der Waals surface area contributed by atoms with Gasteiger partial charge >= 0.3 is 12.1 Å². The van der Waals surface area contributed by atoms with Gasteiger partial charge in [0.25, 0.3) is 0 Å². The van der Waals surface area contributed by atoms with Crippen molar-refractivity contribution in [3.8, 4) is 0 Å². The summed E-state index contributed by atoms with van der Waals surface area (Å²) in [6.45, 7) is 2.01. The van der Waals surface area contributed by atoms with Gasteiger partial charge in [0.15, 0.2) is 5.82 Å². The molecule has 0 saturated carbocycles. The molecule has 0 unspecified atom stereocenters. The topological polar surface area (TPSA) is 38.9 Å². The van der Waals surface area contributed by atoms with Gasteiger partial charge in [0.1, 0.15) is 0 Å². The summed E-state index contributed by atoms with van der Waals surface area (Å²) in [5, 5.41) is 3.25. The van der Waals surface area contributed by atoms with Crippen molar-refractivity contribution in [3.05, 3.63) is 11.7 Å². The van der Waals surface area contributed by atoms with Crippen LogP contribution in [0.3, 0.4) is 0 Å². The lowest BCUT2D eigenvalue weighted by atomic mass is 10.2. The van der Waals surface area contributed by atoms with E-state index in [1.54, 1.807) is 0 Å². The Balaban J connectivity index is 2.51. The van der Waals surface area contributed by atoms with Crippen LogP contribution in [0.5, 0.6) is 0 Å². The number of unbranched alkanes of at least 4 members (excludes halogenated alkanes) is 2. The van der Waals surface area contributed by atoms with Gasteiger partial charge in [0, 0.05) is 6.42 Å². The lowest BCUT2D eigenvalue weighted by Crippen LogP contribution is -2.05. The van der Waals surface area contributed by atoms with E-state index in [4.69, 9.17) is 0 Å². The maximum atomic E-state index is 12.0. The molecule has 0 spiro atoms. The Kier molecular flexibility index (Phi) is 3.49.